The average Bonchev–Trinajstić information content (AvgIpc) is 2.63. The molecule has 0 aliphatic carbocycles. The molecule has 8 nitrogen and oxygen atoms in total. The van der Waals surface area contributed by atoms with Gasteiger partial charge in [-0.3, -0.25) is 4.55 Å². The molecule has 1 rings (SSSR count). The first kappa shape index (κ1) is 28.2. The molecule has 1 atom stereocenters. The zero-order chi connectivity index (χ0) is 26.0. The summed E-state index contributed by atoms with van der Waals surface area (Å²) in [6, 6.07) is 4.11. The Morgan fingerprint density at radius 3 is 1.88 bits per heavy atom. The van der Waals surface area contributed by atoms with Gasteiger partial charge in [0.1, 0.15) is 17.9 Å². The normalized spacial score (nSPS) is 14.8. The summed E-state index contributed by atoms with van der Waals surface area (Å²) in [5.74, 6) is -11.9. The van der Waals surface area contributed by atoms with Gasteiger partial charge in [0.05, 0.1) is 0 Å². The second-order valence-electron chi connectivity index (χ2n) is 6.08. The number of ether oxygens (including phenoxy) is 3. The first-order chi connectivity index (χ1) is 14.6. The SMILES string of the molecule is C=C(C(=O)OC(OCC(F)(F)S(=O)(=O)O)(C(=O)Oc1ccc(C)cc1)C(F)(F)F)C(F)(F)F. The van der Waals surface area contributed by atoms with E-state index >= 15 is 0 Å². The van der Waals surface area contributed by atoms with E-state index < -0.39 is 63.4 Å². The smallest absolute Gasteiger partial charge is 0.421 e. The summed E-state index contributed by atoms with van der Waals surface area (Å²) in [5.41, 5.74) is -2.11. The largest absolute Gasteiger partial charge is 0.468 e. The van der Waals surface area contributed by atoms with Crippen molar-refractivity contribution in [1.29, 1.82) is 0 Å². The lowest BCUT2D eigenvalue weighted by atomic mass is 10.2. The van der Waals surface area contributed by atoms with Crippen molar-refractivity contribution in [1.82, 2.24) is 0 Å². The highest BCUT2D eigenvalue weighted by Gasteiger charge is 2.70. The van der Waals surface area contributed by atoms with Crippen molar-refractivity contribution in [3.05, 3.63) is 42.0 Å². The summed E-state index contributed by atoms with van der Waals surface area (Å²) in [6.45, 7) is 0.631. The second kappa shape index (κ2) is 9.22. The molecule has 0 aromatic heterocycles. The molecule has 0 saturated carbocycles. The van der Waals surface area contributed by atoms with Gasteiger partial charge >= 0.3 is 45.5 Å². The maximum absolute atomic E-state index is 13.7. The van der Waals surface area contributed by atoms with Crippen molar-refractivity contribution in [2.24, 2.45) is 0 Å². The lowest BCUT2D eigenvalue weighted by Crippen LogP contribution is -2.60. The Morgan fingerprint density at radius 1 is 1.00 bits per heavy atom. The molecule has 17 heteroatoms. The minimum absolute atomic E-state index is 0.494. The van der Waals surface area contributed by atoms with E-state index in [1.165, 1.54) is 19.1 Å². The third-order valence-electron chi connectivity index (χ3n) is 3.52. The van der Waals surface area contributed by atoms with Crippen molar-refractivity contribution in [2.45, 2.75) is 30.3 Å². The van der Waals surface area contributed by atoms with Crippen molar-refractivity contribution in [3.8, 4) is 5.75 Å². The first-order valence-corrected chi connectivity index (χ1v) is 9.42. The Labute approximate surface area is 179 Å². The van der Waals surface area contributed by atoms with Gasteiger partial charge in [-0.1, -0.05) is 24.3 Å². The number of halogens is 8. The molecule has 33 heavy (non-hydrogen) atoms. The lowest BCUT2D eigenvalue weighted by molar-refractivity contribution is -0.358. The zero-order valence-corrected chi connectivity index (χ0v) is 16.8. The molecule has 0 radical (unpaired) electrons. The Bertz CT molecular complexity index is 1010. The van der Waals surface area contributed by atoms with Gasteiger partial charge in [0.15, 0.2) is 0 Å². The van der Waals surface area contributed by atoms with E-state index in [1.54, 1.807) is 0 Å². The van der Waals surface area contributed by atoms with Crippen LogP contribution in [0.15, 0.2) is 36.4 Å². The fraction of sp³-hybridized carbons (Fsp3) is 0.375. The predicted octanol–water partition coefficient (Wildman–Crippen LogP) is 3.32. The molecule has 1 unspecified atom stereocenters. The molecule has 0 aliphatic heterocycles. The second-order valence-corrected chi connectivity index (χ2v) is 7.63. The molecule has 0 saturated heterocycles. The van der Waals surface area contributed by atoms with Gasteiger partial charge in [-0.25, -0.2) is 9.59 Å². The van der Waals surface area contributed by atoms with Gasteiger partial charge in [-0.15, -0.1) is 0 Å². The van der Waals surface area contributed by atoms with E-state index in [0.29, 0.717) is 5.56 Å². The summed E-state index contributed by atoms with van der Waals surface area (Å²) >= 11 is 0. The third kappa shape index (κ3) is 6.61. The van der Waals surface area contributed by atoms with Crippen LogP contribution in [0.5, 0.6) is 5.75 Å². The molecule has 1 aromatic rings. The van der Waals surface area contributed by atoms with E-state index in [9.17, 15) is 53.1 Å². The minimum Gasteiger partial charge on any atom is -0.421 e. The summed E-state index contributed by atoms with van der Waals surface area (Å²) < 4.78 is 147. The number of carbonyl (C=O) groups excluding carboxylic acids is 2. The van der Waals surface area contributed by atoms with Crippen LogP contribution in [0.4, 0.5) is 35.1 Å². The summed E-state index contributed by atoms with van der Waals surface area (Å²) in [6.07, 6.45) is -12.1. The number of esters is 2. The Morgan fingerprint density at radius 2 is 1.48 bits per heavy atom. The van der Waals surface area contributed by atoms with E-state index in [2.05, 4.69) is 20.8 Å². The van der Waals surface area contributed by atoms with Gasteiger partial charge in [-0.2, -0.15) is 43.5 Å². The predicted molar refractivity (Wildman–Crippen MR) is 89.3 cm³/mol. The molecule has 0 bridgehead atoms. The molecule has 1 N–H and O–H groups in total. The van der Waals surface area contributed by atoms with Crippen molar-refractivity contribution in [3.63, 3.8) is 0 Å². The van der Waals surface area contributed by atoms with Crippen LogP contribution in [-0.4, -0.2) is 54.9 Å². The number of benzene rings is 1. The number of carbonyl (C=O) groups is 2. The summed E-state index contributed by atoms with van der Waals surface area (Å²) in [5, 5.41) is -5.53. The van der Waals surface area contributed by atoms with Crippen LogP contribution in [0.25, 0.3) is 0 Å². The van der Waals surface area contributed by atoms with Crippen LogP contribution in [-0.2, 0) is 29.2 Å². The number of rotatable bonds is 8. The number of aryl methyl sites for hydroxylation is 1. The highest BCUT2D eigenvalue weighted by atomic mass is 32.2. The Balaban J connectivity index is 3.54. The van der Waals surface area contributed by atoms with Crippen molar-refractivity contribution in [2.75, 3.05) is 6.61 Å². The molecule has 186 valence electrons. The van der Waals surface area contributed by atoms with E-state index in [-0.39, 0.29) is 0 Å². The Hall–Kier alpha value is -2.79. The summed E-state index contributed by atoms with van der Waals surface area (Å²) in [4.78, 5) is 23.8. The molecule has 0 fully saturated rings. The molecular formula is C16H12F8O8S. The van der Waals surface area contributed by atoms with Crippen LogP contribution in [0.1, 0.15) is 5.56 Å². The quantitative estimate of drug-likeness (QED) is 0.140. The van der Waals surface area contributed by atoms with Gasteiger partial charge in [0.25, 0.3) is 0 Å². The molecule has 1 aromatic carbocycles. The average molecular weight is 516 g/mol. The maximum Gasteiger partial charge on any atom is 0.468 e. The van der Waals surface area contributed by atoms with Crippen molar-refractivity contribution >= 4 is 22.1 Å². The number of alkyl halides is 8. The van der Waals surface area contributed by atoms with Crippen LogP contribution < -0.4 is 4.74 Å². The Kier molecular flexibility index (Phi) is 7.89. The van der Waals surface area contributed by atoms with Crippen LogP contribution in [0, 0.1) is 6.92 Å². The van der Waals surface area contributed by atoms with Gasteiger partial charge in [0.2, 0.25) is 0 Å². The third-order valence-corrected chi connectivity index (χ3v) is 4.39. The molecule has 0 heterocycles. The highest BCUT2D eigenvalue weighted by molar-refractivity contribution is 7.86. The van der Waals surface area contributed by atoms with E-state index in [1.807, 2.05) is 0 Å². The van der Waals surface area contributed by atoms with Crippen LogP contribution in [0.2, 0.25) is 0 Å². The highest BCUT2D eigenvalue weighted by Crippen LogP contribution is 2.40. The molecule has 0 aliphatic rings. The van der Waals surface area contributed by atoms with Gasteiger partial charge in [-0.05, 0) is 19.1 Å². The summed E-state index contributed by atoms with van der Waals surface area (Å²) in [7, 11) is -6.44. The first-order valence-electron chi connectivity index (χ1n) is 7.98. The maximum atomic E-state index is 13.7. The lowest BCUT2D eigenvalue weighted by Gasteiger charge is -2.33. The van der Waals surface area contributed by atoms with Gasteiger partial charge < -0.3 is 14.2 Å². The van der Waals surface area contributed by atoms with E-state index in [4.69, 9.17) is 4.55 Å². The monoisotopic (exact) mass is 516 g/mol. The molecular weight excluding hydrogens is 504 g/mol. The van der Waals surface area contributed by atoms with E-state index in [0.717, 1.165) is 12.1 Å². The topological polar surface area (TPSA) is 116 Å². The van der Waals surface area contributed by atoms with Crippen LogP contribution in [0.3, 0.4) is 0 Å². The van der Waals surface area contributed by atoms with Crippen molar-refractivity contribution < 1.29 is 71.9 Å². The molecule has 0 spiro atoms. The number of hydrogen-bond acceptors (Lipinski definition) is 7. The zero-order valence-electron chi connectivity index (χ0n) is 16.0. The van der Waals surface area contributed by atoms with Crippen LogP contribution >= 0.6 is 0 Å². The molecule has 0 amide bonds. The number of hydrogen-bond donors (Lipinski definition) is 1. The van der Waals surface area contributed by atoms with Gasteiger partial charge in [0, 0.05) is 0 Å². The fourth-order valence-corrected chi connectivity index (χ4v) is 1.94. The standard InChI is InChI=1S/C16H12F8O8S/c1-8-3-5-10(6-4-8)31-12(26)14(16(22,23)24,30-7-13(17,18)33(27,28)29)32-11(25)9(2)15(19,20)21/h3-6H,2,7H2,1H3,(H,27,28,29). The fourth-order valence-electron chi connectivity index (χ4n) is 1.73. The minimum atomic E-state index is -6.44.